The Morgan fingerprint density at radius 1 is 0.952 bits per heavy atom. The Bertz CT molecular complexity index is 572. The van der Waals surface area contributed by atoms with Crippen molar-refractivity contribution >= 4 is 17.3 Å². The van der Waals surface area contributed by atoms with E-state index in [1.165, 1.54) is 0 Å². The molecule has 2 aromatic rings. The van der Waals surface area contributed by atoms with Crippen molar-refractivity contribution < 1.29 is 14.2 Å². The van der Waals surface area contributed by atoms with Crippen LogP contribution in [0, 0.1) is 0 Å². The van der Waals surface area contributed by atoms with E-state index < -0.39 is 0 Å². The van der Waals surface area contributed by atoms with E-state index in [9.17, 15) is 0 Å². The van der Waals surface area contributed by atoms with E-state index in [2.05, 4.69) is 5.32 Å². The van der Waals surface area contributed by atoms with Gasteiger partial charge in [0.25, 0.3) is 0 Å². The number of anilines is 1. The molecule has 0 aliphatic heterocycles. The van der Waals surface area contributed by atoms with E-state index in [0.29, 0.717) is 23.9 Å². The predicted molar refractivity (Wildman–Crippen MR) is 85.0 cm³/mol. The molecular formula is C16H18ClNO3. The van der Waals surface area contributed by atoms with Crippen molar-refractivity contribution in [2.24, 2.45) is 0 Å². The van der Waals surface area contributed by atoms with Gasteiger partial charge < -0.3 is 19.5 Å². The quantitative estimate of drug-likeness (QED) is 0.789. The van der Waals surface area contributed by atoms with Crippen molar-refractivity contribution in [2.45, 2.75) is 0 Å². The summed E-state index contributed by atoms with van der Waals surface area (Å²) in [6.45, 7) is 1.23. The van der Waals surface area contributed by atoms with Crippen molar-refractivity contribution in [3.8, 4) is 17.2 Å². The van der Waals surface area contributed by atoms with E-state index in [4.69, 9.17) is 25.8 Å². The number of halogens is 1. The molecule has 0 aliphatic rings. The second kappa shape index (κ2) is 7.64. The highest BCUT2D eigenvalue weighted by atomic mass is 35.5. The van der Waals surface area contributed by atoms with Gasteiger partial charge in [-0.2, -0.15) is 0 Å². The summed E-state index contributed by atoms with van der Waals surface area (Å²) in [4.78, 5) is 0. The van der Waals surface area contributed by atoms with E-state index >= 15 is 0 Å². The highest BCUT2D eigenvalue weighted by molar-refractivity contribution is 6.32. The summed E-state index contributed by atoms with van der Waals surface area (Å²) in [7, 11) is 3.23. The lowest BCUT2D eigenvalue weighted by Crippen LogP contribution is -2.11. The second-order valence-corrected chi connectivity index (χ2v) is 4.71. The summed E-state index contributed by atoms with van der Waals surface area (Å²) in [5, 5.41) is 3.85. The third-order valence-electron chi connectivity index (χ3n) is 2.91. The third kappa shape index (κ3) is 4.46. The topological polar surface area (TPSA) is 39.7 Å². The molecule has 0 saturated heterocycles. The minimum atomic E-state index is 0.553. The van der Waals surface area contributed by atoms with Gasteiger partial charge >= 0.3 is 0 Å². The van der Waals surface area contributed by atoms with Crippen molar-refractivity contribution in [3.63, 3.8) is 0 Å². The smallest absolute Gasteiger partial charge is 0.139 e. The Hall–Kier alpha value is -2.07. The van der Waals surface area contributed by atoms with E-state index in [0.717, 1.165) is 17.2 Å². The van der Waals surface area contributed by atoms with Gasteiger partial charge in [-0.25, -0.2) is 0 Å². The van der Waals surface area contributed by atoms with Gasteiger partial charge in [-0.1, -0.05) is 11.6 Å². The molecule has 1 N–H and O–H groups in total. The summed E-state index contributed by atoms with van der Waals surface area (Å²) in [6, 6.07) is 13.1. The fraction of sp³-hybridized carbons (Fsp3) is 0.250. The first-order valence-corrected chi connectivity index (χ1v) is 6.95. The molecule has 2 aromatic carbocycles. The molecule has 0 spiro atoms. The largest absolute Gasteiger partial charge is 0.497 e. The molecule has 0 unspecified atom stereocenters. The molecule has 21 heavy (non-hydrogen) atoms. The van der Waals surface area contributed by atoms with Crippen molar-refractivity contribution in [1.29, 1.82) is 0 Å². The average Bonchev–Trinajstić information content (AvgIpc) is 2.53. The second-order valence-electron chi connectivity index (χ2n) is 4.30. The van der Waals surface area contributed by atoms with Gasteiger partial charge in [0.2, 0.25) is 0 Å². The maximum Gasteiger partial charge on any atom is 0.139 e. The molecule has 0 bridgehead atoms. The predicted octanol–water partition coefficient (Wildman–Crippen LogP) is 3.85. The molecule has 112 valence electrons. The zero-order valence-electron chi connectivity index (χ0n) is 12.1. The lowest BCUT2D eigenvalue weighted by Gasteiger charge is -2.10. The van der Waals surface area contributed by atoms with Gasteiger partial charge in [0.05, 0.1) is 19.2 Å². The van der Waals surface area contributed by atoms with Crippen LogP contribution in [0.4, 0.5) is 5.69 Å². The van der Waals surface area contributed by atoms with Crippen LogP contribution >= 0.6 is 11.6 Å². The first-order valence-electron chi connectivity index (χ1n) is 6.57. The molecule has 4 nitrogen and oxygen atoms in total. The highest BCUT2D eigenvalue weighted by Gasteiger charge is 2.01. The molecule has 0 saturated carbocycles. The molecule has 0 atom stereocenters. The molecule has 0 fully saturated rings. The van der Waals surface area contributed by atoms with E-state index in [1.807, 2.05) is 36.4 Å². The van der Waals surface area contributed by atoms with Crippen molar-refractivity contribution in [3.05, 3.63) is 47.5 Å². The Morgan fingerprint density at radius 2 is 1.67 bits per heavy atom. The van der Waals surface area contributed by atoms with Crippen LogP contribution in [0.2, 0.25) is 5.02 Å². The van der Waals surface area contributed by atoms with Gasteiger partial charge in [0, 0.05) is 18.3 Å². The summed E-state index contributed by atoms with van der Waals surface area (Å²) >= 11 is 5.97. The zero-order chi connectivity index (χ0) is 15.1. The number of methoxy groups -OCH3 is 2. The van der Waals surface area contributed by atoms with Gasteiger partial charge in [0.1, 0.15) is 23.9 Å². The SMILES string of the molecule is COc1ccc(OCCNc2ccc(Cl)c(OC)c2)cc1. The monoisotopic (exact) mass is 307 g/mol. The number of benzene rings is 2. The average molecular weight is 308 g/mol. The number of rotatable bonds is 7. The van der Waals surface area contributed by atoms with Crippen molar-refractivity contribution in [2.75, 3.05) is 32.7 Å². The van der Waals surface area contributed by atoms with Crippen LogP contribution in [0.5, 0.6) is 17.2 Å². The molecule has 0 aliphatic carbocycles. The lowest BCUT2D eigenvalue weighted by molar-refractivity contribution is 0.331. The molecule has 0 heterocycles. The fourth-order valence-electron chi connectivity index (χ4n) is 1.81. The minimum Gasteiger partial charge on any atom is -0.497 e. The molecule has 0 aromatic heterocycles. The van der Waals surface area contributed by atoms with Crippen LogP contribution in [-0.4, -0.2) is 27.4 Å². The fourth-order valence-corrected chi connectivity index (χ4v) is 2.00. The van der Waals surface area contributed by atoms with E-state index in [1.54, 1.807) is 20.3 Å². The van der Waals surface area contributed by atoms with E-state index in [-0.39, 0.29) is 0 Å². The molecule has 0 radical (unpaired) electrons. The number of ether oxygens (including phenoxy) is 3. The Balaban J connectivity index is 1.78. The Labute approximate surface area is 129 Å². The van der Waals surface area contributed by atoms with Crippen LogP contribution in [0.1, 0.15) is 0 Å². The molecule has 0 amide bonds. The van der Waals surface area contributed by atoms with Gasteiger partial charge in [0.15, 0.2) is 0 Å². The Kier molecular flexibility index (Phi) is 5.58. The summed E-state index contributed by atoms with van der Waals surface area (Å²) in [5.74, 6) is 2.28. The number of hydrogen-bond donors (Lipinski definition) is 1. The first kappa shape index (κ1) is 15.3. The van der Waals surface area contributed by atoms with Gasteiger partial charge in [-0.05, 0) is 36.4 Å². The standard InChI is InChI=1S/C16H18ClNO3/c1-19-13-4-6-14(7-5-13)21-10-9-18-12-3-8-15(17)16(11-12)20-2/h3-8,11,18H,9-10H2,1-2H3. The maximum atomic E-state index is 5.97. The minimum absolute atomic E-state index is 0.553. The summed E-state index contributed by atoms with van der Waals surface area (Å²) < 4.78 is 15.9. The number of hydrogen-bond acceptors (Lipinski definition) is 4. The highest BCUT2D eigenvalue weighted by Crippen LogP contribution is 2.27. The normalized spacial score (nSPS) is 10.0. The third-order valence-corrected chi connectivity index (χ3v) is 3.22. The zero-order valence-corrected chi connectivity index (χ0v) is 12.8. The van der Waals surface area contributed by atoms with Crippen LogP contribution in [0.25, 0.3) is 0 Å². The van der Waals surface area contributed by atoms with Crippen LogP contribution in [0.15, 0.2) is 42.5 Å². The molecule has 5 heteroatoms. The maximum absolute atomic E-state index is 5.97. The summed E-state index contributed by atoms with van der Waals surface area (Å²) in [6.07, 6.45) is 0. The lowest BCUT2D eigenvalue weighted by atomic mass is 10.3. The van der Waals surface area contributed by atoms with Crippen molar-refractivity contribution in [1.82, 2.24) is 0 Å². The van der Waals surface area contributed by atoms with Crippen LogP contribution in [0.3, 0.4) is 0 Å². The Morgan fingerprint density at radius 3 is 2.33 bits per heavy atom. The summed E-state index contributed by atoms with van der Waals surface area (Å²) in [5.41, 5.74) is 0.939. The van der Waals surface area contributed by atoms with Crippen LogP contribution in [-0.2, 0) is 0 Å². The molecule has 2 rings (SSSR count). The number of nitrogens with one attached hydrogen (secondary N) is 1. The van der Waals surface area contributed by atoms with Gasteiger partial charge in [-0.15, -0.1) is 0 Å². The molecular weight excluding hydrogens is 290 g/mol. The van der Waals surface area contributed by atoms with Gasteiger partial charge in [-0.3, -0.25) is 0 Å². The first-order chi connectivity index (χ1) is 10.2. The van der Waals surface area contributed by atoms with Crippen LogP contribution < -0.4 is 19.5 Å².